The highest BCUT2D eigenvalue weighted by atomic mass is 16.2. The molecule has 3 nitrogen and oxygen atoms in total. The van der Waals surface area contributed by atoms with E-state index in [-0.39, 0.29) is 17.5 Å². The average Bonchev–Trinajstić information content (AvgIpc) is 2.54. The number of carbonyl (C=O) groups is 1. The smallest absolute Gasteiger partial charge is 0.237 e. The van der Waals surface area contributed by atoms with E-state index in [0.717, 1.165) is 19.3 Å². The van der Waals surface area contributed by atoms with Crippen molar-refractivity contribution >= 4 is 5.91 Å². The Morgan fingerprint density at radius 2 is 2.08 bits per heavy atom. The first-order valence-electron chi connectivity index (χ1n) is 5.17. The number of amides is 1. The maximum absolute atomic E-state index is 11.4. The van der Waals surface area contributed by atoms with E-state index < -0.39 is 0 Å². The molecular formula is C10H20N2O. The van der Waals surface area contributed by atoms with Gasteiger partial charge in [0.1, 0.15) is 0 Å². The SMILES string of the molecule is CCC1(NC(=O)C(C)N)CCCC1. The molecule has 76 valence electrons. The minimum Gasteiger partial charge on any atom is -0.349 e. The van der Waals surface area contributed by atoms with Crippen molar-refractivity contribution in [3.05, 3.63) is 0 Å². The maximum atomic E-state index is 11.4. The van der Waals surface area contributed by atoms with Gasteiger partial charge < -0.3 is 11.1 Å². The van der Waals surface area contributed by atoms with E-state index >= 15 is 0 Å². The summed E-state index contributed by atoms with van der Waals surface area (Å²) in [4.78, 5) is 11.4. The van der Waals surface area contributed by atoms with Crippen LogP contribution in [-0.4, -0.2) is 17.5 Å². The van der Waals surface area contributed by atoms with Gasteiger partial charge in [0, 0.05) is 5.54 Å². The Balaban J connectivity index is 2.53. The van der Waals surface area contributed by atoms with Crippen molar-refractivity contribution in [2.24, 2.45) is 5.73 Å². The molecule has 1 atom stereocenters. The summed E-state index contributed by atoms with van der Waals surface area (Å²) in [6.07, 6.45) is 5.70. The molecular weight excluding hydrogens is 164 g/mol. The third kappa shape index (κ3) is 2.44. The van der Waals surface area contributed by atoms with Crippen LogP contribution in [0, 0.1) is 0 Å². The third-order valence-corrected chi connectivity index (χ3v) is 3.04. The Kier molecular flexibility index (Phi) is 3.31. The number of hydrogen-bond acceptors (Lipinski definition) is 2. The highest BCUT2D eigenvalue weighted by Crippen LogP contribution is 2.32. The molecule has 1 aliphatic rings. The molecule has 0 bridgehead atoms. The number of nitrogens with two attached hydrogens (primary N) is 1. The van der Waals surface area contributed by atoms with Crippen molar-refractivity contribution in [1.29, 1.82) is 0 Å². The molecule has 3 N–H and O–H groups in total. The second-order valence-corrected chi connectivity index (χ2v) is 4.12. The minimum atomic E-state index is -0.385. The van der Waals surface area contributed by atoms with E-state index in [1.54, 1.807) is 6.92 Å². The molecule has 0 aromatic rings. The van der Waals surface area contributed by atoms with Crippen LogP contribution in [0.2, 0.25) is 0 Å². The summed E-state index contributed by atoms with van der Waals surface area (Å²) in [7, 11) is 0. The topological polar surface area (TPSA) is 55.1 Å². The minimum absolute atomic E-state index is 0.0104. The molecule has 13 heavy (non-hydrogen) atoms. The molecule has 1 rings (SSSR count). The predicted molar refractivity (Wildman–Crippen MR) is 53.3 cm³/mol. The van der Waals surface area contributed by atoms with Crippen molar-refractivity contribution in [2.75, 3.05) is 0 Å². The van der Waals surface area contributed by atoms with E-state index in [2.05, 4.69) is 12.2 Å². The molecule has 0 aliphatic heterocycles. The first-order chi connectivity index (χ1) is 6.09. The predicted octanol–water partition coefficient (Wildman–Crippen LogP) is 1.17. The molecule has 0 aromatic heterocycles. The normalized spacial score (nSPS) is 22.7. The van der Waals surface area contributed by atoms with Crippen LogP contribution >= 0.6 is 0 Å². The zero-order valence-corrected chi connectivity index (χ0v) is 8.60. The van der Waals surface area contributed by atoms with E-state index in [9.17, 15) is 4.79 Å². The van der Waals surface area contributed by atoms with Crippen LogP contribution in [0.25, 0.3) is 0 Å². The molecule has 1 saturated carbocycles. The van der Waals surface area contributed by atoms with Crippen molar-refractivity contribution in [3.63, 3.8) is 0 Å². The van der Waals surface area contributed by atoms with Gasteiger partial charge in [0.05, 0.1) is 6.04 Å². The van der Waals surface area contributed by atoms with Crippen LogP contribution in [0.5, 0.6) is 0 Å². The molecule has 0 radical (unpaired) electrons. The van der Waals surface area contributed by atoms with E-state index in [1.807, 2.05) is 0 Å². The summed E-state index contributed by atoms with van der Waals surface area (Å²) in [5.41, 5.74) is 5.58. The van der Waals surface area contributed by atoms with Crippen LogP contribution < -0.4 is 11.1 Å². The van der Waals surface area contributed by atoms with Crippen molar-refractivity contribution < 1.29 is 4.79 Å². The molecule has 1 aliphatic carbocycles. The van der Waals surface area contributed by atoms with Gasteiger partial charge in [0.25, 0.3) is 0 Å². The lowest BCUT2D eigenvalue weighted by molar-refractivity contribution is -0.123. The fourth-order valence-corrected chi connectivity index (χ4v) is 1.99. The largest absolute Gasteiger partial charge is 0.349 e. The Hall–Kier alpha value is -0.570. The number of rotatable bonds is 3. The van der Waals surface area contributed by atoms with Gasteiger partial charge in [-0.25, -0.2) is 0 Å². The summed E-state index contributed by atoms with van der Waals surface area (Å²) in [6.45, 7) is 3.86. The van der Waals surface area contributed by atoms with Gasteiger partial charge in [-0.2, -0.15) is 0 Å². The summed E-state index contributed by atoms with van der Waals surface area (Å²) in [5, 5.41) is 3.08. The standard InChI is InChI=1S/C10H20N2O/c1-3-10(6-4-5-7-10)12-9(13)8(2)11/h8H,3-7,11H2,1-2H3,(H,12,13). The van der Waals surface area contributed by atoms with Crippen LogP contribution in [0.1, 0.15) is 46.0 Å². The average molecular weight is 184 g/mol. The lowest BCUT2D eigenvalue weighted by atomic mass is 9.94. The molecule has 0 spiro atoms. The summed E-state index contributed by atoms with van der Waals surface area (Å²) >= 11 is 0. The van der Waals surface area contributed by atoms with Gasteiger partial charge in [0.15, 0.2) is 0 Å². The zero-order valence-electron chi connectivity index (χ0n) is 8.60. The van der Waals surface area contributed by atoms with E-state index in [1.165, 1.54) is 12.8 Å². The maximum Gasteiger partial charge on any atom is 0.237 e. The van der Waals surface area contributed by atoms with Gasteiger partial charge >= 0.3 is 0 Å². The van der Waals surface area contributed by atoms with Gasteiger partial charge in [-0.3, -0.25) is 4.79 Å². The van der Waals surface area contributed by atoms with Crippen molar-refractivity contribution in [3.8, 4) is 0 Å². The number of nitrogens with one attached hydrogen (secondary N) is 1. The van der Waals surface area contributed by atoms with Gasteiger partial charge in [-0.1, -0.05) is 19.8 Å². The fourth-order valence-electron chi connectivity index (χ4n) is 1.99. The molecule has 0 saturated heterocycles. The lowest BCUT2D eigenvalue weighted by Crippen LogP contribution is -2.51. The van der Waals surface area contributed by atoms with E-state index in [4.69, 9.17) is 5.73 Å². The molecule has 1 unspecified atom stereocenters. The summed E-state index contributed by atoms with van der Waals surface area (Å²) in [6, 6.07) is -0.385. The quantitative estimate of drug-likeness (QED) is 0.692. The highest BCUT2D eigenvalue weighted by Gasteiger charge is 2.33. The van der Waals surface area contributed by atoms with Crippen LogP contribution in [0.15, 0.2) is 0 Å². The van der Waals surface area contributed by atoms with Crippen LogP contribution in [0.3, 0.4) is 0 Å². The monoisotopic (exact) mass is 184 g/mol. The molecule has 1 fully saturated rings. The van der Waals surface area contributed by atoms with Crippen LogP contribution in [-0.2, 0) is 4.79 Å². The number of carbonyl (C=O) groups excluding carboxylic acids is 1. The Bertz CT molecular complexity index is 183. The molecule has 0 heterocycles. The second-order valence-electron chi connectivity index (χ2n) is 4.12. The summed E-state index contributed by atoms with van der Waals surface area (Å²) in [5.74, 6) is -0.0104. The Labute approximate surface area is 80.1 Å². The molecule has 0 aromatic carbocycles. The van der Waals surface area contributed by atoms with Gasteiger partial charge in [-0.15, -0.1) is 0 Å². The van der Waals surface area contributed by atoms with Gasteiger partial charge in [0.2, 0.25) is 5.91 Å². The zero-order chi connectivity index (χ0) is 9.90. The molecule has 1 amide bonds. The second kappa shape index (κ2) is 4.09. The lowest BCUT2D eigenvalue weighted by Gasteiger charge is -2.29. The third-order valence-electron chi connectivity index (χ3n) is 3.04. The Morgan fingerprint density at radius 1 is 1.54 bits per heavy atom. The van der Waals surface area contributed by atoms with Crippen molar-refractivity contribution in [1.82, 2.24) is 5.32 Å². The van der Waals surface area contributed by atoms with E-state index in [0.29, 0.717) is 0 Å². The summed E-state index contributed by atoms with van der Waals surface area (Å²) < 4.78 is 0. The first kappa shape index (κ1) is 10.5. The van der Waals surface area contributed by atoms with Crippen LogP contribution in [0.4, 0.5) is 0 Å². The fraction of sp³-hybridized carbons (Fsp3) is 0.900. The number of hydrogen-bond donors (Lipinski definition) is 2. The van der Waals surface area contributed by atoms with Gasteiger partial charge in [-0.05, 0) is 26.2 Å². The van der Waals surface area contributed by atoms with Crippen molar-refractivity contribution in [2.45, 2.75) is 57.5 Å². The highest BCUT2D eigenvalue weighted by molar-refractivity contribution is 5.81. The molecule has 3 heteroatoms. The first-order valence-corrected chi connectivity index (χ1v) is 5.17. The Morgan fingerprint density at radius 3 is 2.46 bits per heavy atom.